The number of hydrogen-bond acceptors (Lipinski definition) is 3. The first-order valence-electron chi connectivity index (χ1n) is 6.22. The smallest absolute Gasteiger partial charge is 0.269 e. The van der Waals surface area contributed by atoms with Crippen LogP contribution in [-0.2, 0) is 4.79 Å². The number of aromatic nitrogens is 1. The summed E-state index contributed by atoms with van der Waals surface area (Å²) in [5.74, 6) is -0.410. The van der Waals surface area contributed by atoms with Gasteiger partial charge in [-0.3, -0.25) is 14.6 Å². The number of nitrogens with zero attached hydrogens (tertiary/aromatic N) is 1. The summed E-state index contributed by atoms with van der Waals surface area (Å²) in [5.41, 5.74) is 0.245. The second-order valence-electron chi connectivity index (χ2n) is 4.24. The number of halogens is 1. The van der Waals surface area contributed by atoms with E-state index < -0.39 is 0 Å². The maximum Gasteiger partial charge on any atom is 0.269 e. The molecule has 0 saturated heterocycles. The van der Waals surface area contributed by atoms with Gasteiger partial charge < -0.3 is 10.6 Å². The molecule has 5 nitrogen and oxygen atoms in total. The third kappa shape index (κ3) is 5.70. The van der Waals surface area contributed by atoms with Crippen molar-refractivity contribution in [2.24, 2.45) is 0 Å². The minimum absolute atomic E-state index is 0.0753. The number of nitrogens with one attached hydrogen (secondary N) is 2. The summed E-state index contributed by atoms with van der Waals surface area (Å²) in [6.45, 7) is 4.21. The molecule has 19 heavy (non-hydrogen) atoms. The summed E-state index contributed by atoms with van der Waals surface area (Å²) < 4.78 is 0. The summed E-state index contributed by atoms with van der Waals surface area (Å²) in [5, 5.41) is 5.91. The molecule has 0 bridgehead atoms. The van der Waals surface area contributed by atoms with E-state index in [0.717, 1.165) is 6.42 Å². The molecule has 1 heterocycles. The highest BCUT2D eigenvalue weighted by Crippen LogP contribution is 2.07. The highest BCUT2D eigenvalue weighted by molar-refractivity contribution is 6.30. The average Bonchev–Trinajstić information content (AvgIpc) is 2.38. The molecule has 0 fully saturated rings. The van der Waals surface area contributed by atoms with Gasteiger partial charge in [-0.2, -0.15) is 0 Å². The SMILES string of the molecule is CCC(C)NC(=O)CCNC(=O)c1cc(Cl)ccn1. The fraction of sp³-hybridized carbons (Fsp3) is 0.462. The lowest BCUT2D eigenvalue weighted by Gasteiger charge is -2.11. The molecule has 0 saturated carbocycles. The van der Waals surface area contributed by atoms with Crippen molar-refractivity contribution in [3.63, 3.8) is 0 Å². The van der Waals surface area contributed by atoms with Crippen molar-refractivity contribution in [2.75, 3.05) is 6.54 Å². The molecule has 0 aliphatic carbocycles. The molecule has 1 aromatic rings. The molecule has 0 spiro atoms. The third-order valence-corrected chi connectivity index (χ3v) is 2.85. The van der Waals surface area contributed by atoms with E-state index in [1.165, 1.54) is 12.3 Å². The third-order valence-electron chi connectivity index (χ3n) is 2.61. The normalized spacial score (nSPS) is 11.7. The van der Waals surface area contributed by atoms with E-state index in [0.29, 0.717) is 5.02 Å². The Morgan fingerprint density at radius 1 is 1.47 bits per heavy atom. The van der Waals surface area contributed by atoms with Crippen molar-refractivity contribution < 1.29 is 9.59 Å². The Labute approximate surface area is 117 Å². The Morgan fingerprint density at radius 2 is 2.21 bits per heavy atom. The van der Waals surface area contributed by atoms with Crippen LogP contribution in [0.4, 0.5) is 0 Å². The van der Waals surface area contributed by atoms with E-state index in [9.17, 15) is 9.59 Å². The molecular formula is C13H18ClN3O2. The summed E-state index contributed by atoms with van der Waals surface area (Å²) in [6.07, 6.45) is 2.59. The number of amides is 2. The van der Waals surface area contributed by atoms with Crippen LogP contribution in [0.2, 0.25) is 5.02 Å². The number of pyridine rings is 1. The number of carbonyl (C=O) groups excluding carboxylic acids is 2. The molecule has 0 aliphatic heterocycles. The minimum Gasteiger partial charge on any atom is -0.354 e. The van der Waals surface area contributed by atoms with Gasteiger partial charge in [0.05, 0.1) is 0 Å². The molecular weight excluding hydrogens is 266 g/mol. The van der Waals surface area contributed by atoms with Gasteiger partial charge in [0.1, 0.15) is 5.69 Å². The van der Waals surface area contributed by atoms with Gasteiger partial charge in [0.2, 0.25) is 5.91 Å². The van der Waals surface area contributed by atoms with Gasteiger partial charge in [0, 0.05) is 30.2 Å². The second-order valence-corrected chi connectivity index (χ2v) is 4.68. The highest BCUT2D eigenvalue weighted by Gasteiger charge is 2.09. The highest BCUT2D eigenvalue weighted by atomic mass is 35.5. The van der Waals surface area contributed by atoms with Crippen LogP contribution in [0, 0.1) is 0 Å². The Hall–Kier alpha value is -1.62. The van der Waals surface area contributed by atoms with Crippen LogP contribution in [-0.4, -0.2) is 29.4 Å². The van der Waals surface area contributed by atoms with Crippen LogP contribution in [0.1, 0.15) is 37.2 Å². The van der Waals surface area contributed by atoms with E-state index >= 15 is 0 Å². The quantitative estimate of drug-likeness (QED) is 0.836. The lowest BCUT2D eigenvalue weighted by atomic mass is 10.2. The fourth-order valence-corrected chi connectivity index (χ4v) is 1.52. The van der Waals surface area contributed by atoms with Crippen LogP contribution >= 0.6 is 11.6 Å². The lowest BCUT2D eigenvalue weighted by molar-refractivity contribution is -0.121. The zero-order chi connectivity index (χ0) is 14.3. The van der Waals surface area contributed by atoms with Gasteiger partial charge in [-0.15, -0.1) is 0 Å². The van der Waals surface area contributed by atoms with E-state index in [4.69, 9.17) is 11.6 Å². The first kappa shape index (κ1) is 15.4. The van der Waals surface area contributed by atoms with Crippen LogP contribution < -0.4 is 10.6 Å². The Kier molecular flexibility index (Phi) is 6.29. The number of hydrogen-bond donors (Lipinski definition) is 2. The van der Waals surface area contributed by atoms with E-state index in [-0.39, 0.29) is 36.5 Å². The monoisotopic (exact) mass is 283 g/mol. The standard InChI is InChI=1S/C13H18ClN3O2/c1-3-9(2)17-12(18)5-7-16-13(19)11-8-10(14)4-6-15-11/h4,6,8-9H,3,5,7H2,1-2H3,(H,16,19)(H,17,18). The fourth-order valence-electron chi connectivity index (χ4n) is 1.36. The van der Waals surface area contributed by atoms with Crippen molar-refractivity contribution in [3.05, 3.63) is 29.0 Å². The van der Waals surface area contributed by atoms with Gasteiger partial charge in [-0.05, 0) is 25.5 Å². The van der Waals surface area contributed by atoms with Crippen LogP contribution in [0.3, 0.4) is 0 Å². The van der Waals surface area contributed by atoms with Crippen molar-refractivity contribution in [1.82, 2.24) is 15.6 Å². The van der Waals surface area contributed by atoms with E-state index in [2.05, 4.69) is 15.6 Å². The zero-order valence-corrected chi connectivity index (χ0v) is 11.8. The molecule has 1 unspecified atom stereocenters. The maximum absolute atomic E-state index is 11.7. The molecule has 2 N–H and O–H groups in total. The van der Waals surface area contributed by atoms with Crippen LogP contribution in [0.25, 0.3) is 0 Å². The van der Waals surface area contributed by atoms with Crippen LogP contribution in [0.5, 0.6) is 0 Å². The first-order chi connectivity index (χ1) is 9.02. The maximum atomic E-state index is 11.7. The Bertz CT molecular complexity index is 451. The molecule has 0 aliphatic rings. The van der Waals surface area contributed by atoms with Gasteiger partial charge >= 0.3 is 0 Å². The molecule has 0 aromatic carbocycles. The van der Waals surface area contributed by atoms with Crippen molar-refractivity contribution >= 4 is 23.4 Å². The summed E-state index contributed by atoms with van der Waals surface area (Å²) in [7, 11) is 0. The van der Waals surface area contributed by atoms with Crippen LogP contribution in [0.15, 0.2) is 18.3 Å². The van der Waals surface area contributed by atoms with Gasteiger partial charge in [0.15, 0.2) is 0 Å². The van der Waals surface area contributed by atoms with Gasteiger partial charge in [-0.1, -0.05) is 18.5 Å². The molecule has 6 heteroatoms. The van der Waals surface area contributed by atoms with Crippen molar-refractivity contribution in [1.29, 1.82) is 0 Å². The van der Waals surface area contributed by atoms with Crippen molar-refractivity contribution in [2.45, 2.75) is 32.7 Å². The second kappa shape index (κ2) is 7.74. The first-order valence-corrected chi connectivity index (χ1v) is 6.59. The molecule has 1 rings (SSSR count). The Balaban J connectivity index is 2.33. The van der Waals surface area contributed by atoms with Gasteiger partial charge in [0.25, 0.3) is 5.91 Å². The molecule has 0 radical (unpaired) electrons. The van der Waals surface area contributed by atoms with Gasteiger partial charge in [-0.25, -0.2) is 0 Å². The molecule has 1 atom stereocenters. The molecule has 1 aromatic heterocycles. The molecule has 104 valence electrons. The summed E-state index contributed by atoms with van der Waals surface area (Å²) in [4.78, 5) is 27.1. The predicted molar refractivity (Wildman–Crippen MR) is 74.1 cm³/mol. The molecule has 2 amide bonds. The van der Waals surface area contributed by atoms with E-state index in [1.807, 2.05) is 13.8 Å². The average molecular weight is 284 g/mol. The minimum atomic E-state index is -0.334. The number of rotatable bonds is 6. The number of carbonyl (C=O) groups is 2. The van der Waals surface area contributed by atoms with Crippen molar-refractivity contribution in [3.8, 4) is 0 Å². The largest absolute Gasteiger partial charge is 0.354 e. The zero-order valence-electron chi connectivity index (χ0n) is 11.1. The van der Waals surface area contributed by atoms with E-state index in [1.54, 1.807) is 6.07 Å². The topological polar surface area (TPSA) is 71.1 Å². The Morgan fingerprint density at radius 3 is 2.84 bits per heavy atom. The summed E-state index contributed by atoms with van der Waals surface area (Å²) in [6, 6.07) is 3.23. The summed E-state index contributed by atoms with van der Waals surface area (Å²) >= 11 is 5.76. The lowest BCUT2D eigenvalue weighted by Crippen LogP contribution is -2.35. The predicted octanol–water partition coefficient (Wildman–Crippen LogP) is 1.77.